The Morgan fingerprint density at radius 3 is 2.40 bits per heavy atom. The number of aliphatic imine (C=N–C) groups is 1. The van der Waals surface area contributed by atoms with Gasteiger partial charge < -0.3 is 9.47 Å². The van der Waals surface area contributed by atoms with Gasteiger partial charge in [0.15, 0.2) is 0 Å². The molecule has 0 aliphatic heterocycles. The van der Waals surface area contributed by atoms with Gasteiger partial charge in [-0.15, -0.1) is 0 Å². The highest BCUT2D eigenvalue weighted by atomic mass is 16.5. The molecule has 20 heavy (non-hydrogen) atoms. The predicted octanol–water partition coefficient (Wildman–Crippen LogP) is 3.23. The van der Waals surface area contributed by atoms with E-state index in [4.69, 9.17) is 9.47 Å². The molecule has 0 unspecified atom stereocenters. The fourth-order valence-corrected chi connectivity index (χ4v) is 1.70. The van der Waals surface area contributed by atoms with Gasteiger partial charge in [0.25, 0.3) is 0 Å². The van der Waals surface area contributed by atoms with E-state index in [-0.39, 0.29) is 0 Å². The Labute approximate surface area is 117 Å². The Morgan fingerprint density at radius 2 is 1.75 bits per heavy atom. The van der Waals surface area contributed by atoms with Crippen molar-refractivity contribution in [3.8, 4) is 5.75 Å². The highest BCUT2D eigenvalue weighted by Gasteiger charge is 2.09. The number of carbonyl (C=O) groups excluding carboxylic acids is 1. The Morgan fingerprint density at radius 1 is 1.05 bits per heavy atom. The molecule has 0 aromatic heterocycles. The Hall–Kier alpha value is -2.62. The minimum absolute atomic E-state index is 0.396. The van der Waals surface area contributed by atoms with E-state index in [1.807, 2.05) is 30.3 Å². The van der Waals surface area contributed by atoms with Crippen molar-refractivity contribution in [2.45, 2.75) is 0 Å². The third-order valence-electron chi connectivity index (χ3n) is 2.78. The molecule has 4 nitrogen and oxygen atoms in total. The van der Waals surface area contributed by atoms with Gasteiger partial charge in [0.2, 0.25) is 0 Å². The van der Waals surface area contributed by atoms with Crippen LogP contribution in [0.25, 0.3) is 0 Å². The van der Waals surface area contributed by atoms with Crippen molar-refractivity contribution in [1.29, 1.82) is 0 Å². The number of nitrogens with zero attached hydrogens (tertiary/aromatic N) is 1. The number of para-hydroxylation sites is 1. The molecule has 0 atom stereocenters. The summed E-state index contributed by atoms with van der Waals surface area (Å²) in [5.41, 5.74) is 1.94. The third kappa shape index (κ3) is 3.23. The molecule has 0 saturated heterocycles. The first-order valence-corrected chi connectivity index (χ1v) is 6.10. The number of rotatable bonds is 4. The quantitative estimate of drug-likeness (QED) is 0.632. The van der Waals surface area contributed by atoms with Gasteiger partial charge in [-0.25, -0.2) is 4.79 Å². The second-order valence-corrected chi connectivity index (χ2v) is 4.04. The topological polar surface area (TPSA) is 47.9 Å². The van der Waals surface area contributed by atoms with Gasteiger partial charge in [0, 0.05) is 6.21 Å². The number of benzene rings is 2. The maximum absolute atomic E-state index is 11.6. The van der Waals surface area contributed by atoms with Crippen LogP contribution in [0.5, 0.6) is 5.75 Å². The van der Waals surface area contributed by atoms with E-state index < -0.39 is 5.97 Å². The highest BCUT2D eigenvalue weighted by molar-refractivity contribution is 5.96. The van der Waals surface area contributed by atoms with Crippen molar-refractivity contribution >= 4 is 17.9 Å². The monoisotopic (exact) mass is 269 g/mol. The van der Waals surface area contributed by atoms with Crippen LogP contribution in [-0.2, 0) is 4.74 Å². The van der Waals surface area contributed by atoms with Crippen molar-refractivity contribution in [2.75, 3.05) is 14.2 Å². The normalized spacial score (nSPS) is 10.5. The summed E-state index contributed by atoms with van der Waals surface area (Å²) in [5, 5.41) is 0. The fourth-order valence-electron chi connectivity index (χ4n) is 1.70. The van der Waals surface area contributed by atoms with Gasteiger partial charge in [-0.2, -0.15) is 0 Å². The standard InChI is InChI=1S/C16H15NO3/c1-19-13-9-7-12(8-10-13)11-17-15-6-4-3-5-14(15)16(18)20-2/h3-11H,1-2H3/b17-11+. The molecular weight excluding hydrogens is 254 g/mol. The molecule has 0 saturated carbocycles. The predicted molar refractivity (Wildman–Crippen MR) is 78.0 cm³/mol. The van der Waals surface area contributed by atoms with Crippen LogP contribution in [0.2, 0.25) is 0 Å². The van der Waals surface area contributed by atoms with Crippen LogP contribution in [-0.4, -0.2) is 26.4 Å². The van der Waals surface area contributed by atoms with E-state index in [2.05, 4.69) is 4.99 Å². The molecule has 0 heterocycles. The maximum Gasteiger partial charge on any atom is 0.340 e. The molecule has 2 rings (SSSR count). The lowest BCUT2D eigenvalue weighted by molar-refractivity contribution is 0.0601. The summed E-state index contributed by atoms with van der Waals surface area (Å²) in [6.07, 6.45) is 1.70. The van der Waals surface area contributed by atoms with Crippen molar-refractivity contribution in [3.63, 3.8) is 0 Å². The summed E-state index contributed by atoms with van der Waals surface area (Å²) in [4.78, 5) is 16.0. The van der Waals surface area contributed by atoms with Crippen LogP contribution in [0.3, 0.4) is 0 Å². The molecule has 2 aromatic rings. The number of esters is 1. The first kappa shape index (κ1) is 13.8. The fraction of sp³-hybridized carbons (Fsp3) is 0.125. The van der Waals surface area contributed by atoms with Crippen molar-refractivity contribution in [2.24, 2.45) is 4.99 Å². The summed E-state index contributed by atoms with van der Waals surface area (Å²) in [5.74, 6) is 0.393. The van der Waals surface area contributed by atoms with Crippen LogP contribution in [0.4, 0.5) is 5.69 Å². The van der Waals surface area contributed by atoms with E-state index in [0.29, 0.717) is 11.3 Å². The van der Waals surface area contributed by atoms with E-state index in [1.54, 1.807) is 31.5 Å². The maximum atomic E-state index is 11.6. The number of carbonyl (C=O) groups is 1. The average Bonchev–Trinajstić information content (AvgIpc) is 2.53. The lowest BCUT2D eigenvalue weighted by atomic mass is 10.2. The minimum Gasteiger partial charge on any atom is -0.497 e. The molecule has 102 valence electrons. The lowest BCUT2D eigenvalue weighted by Gasteiger charge is -2.03. The van der Waals surface area contributed by atoms with E-state index >= 15 is 0 Å². The molecule has 0 aliphatic carbocycles. The zero-order valence-corrected chi connectivity index (χ0v) is 11.4. The van der Waals surface area contributed by atoms with E-state index in [1.165, 1.54) is 7.11 Å². The Balaban J connectivity index is 2.24. The largest absolute Gasteiger partial charge is 0.497 e. The second-order valence-electron chi connectivity index (χ2n) is 4.04. The van der Waals surface area contributed by atoms with E-state index in [9.17, 15) is 4.79 Å². The molecule has 2 aromatic carbocycles. The smallest absolute Gasteiger partial charge is 0.340 e. The molecule has 0 N–H and O–H groups in total. The average molecular weight is 269 g/mol. The summed E-state index contributed by atoms with van der Waals surface area (Å²) in [7, 11) is 2.97. The van der Waals surface area contributed by atoms with Gasteiger partial charge in [-0.1, -0.05) is 12.1 Å². The summed E-state index contributed by atoms with van der Waals surface area (Å²) >= 11 is 0. The van der Waals surface area contributed by atoms with Gasteiger partial charge >= 0.3 is 5.97 Å². The van der Waals surface area contributed by atoms with Gasteiger partial charge in [-0.05, 0) is 42.0 Å². The van der Waals surface area contributed by atoms with Crippen molar-refractivity contribution < 1.29 is 14.3 Å². The first-order chi connectivity index (χ1) is 9.74. The van der Waals surface area contributed by atoms with Crippen molar-refractivity contribution in [3.05, 3.63) is 59.7 Å². The number of hydrogen-bond acceptors (Lipinski definition) is 4. The van der Waals surface area contributed by atoms with Crippen LogP contribution >= 0.6 is 0 Å². The summed E-state index contributed by atoms with van der Waals surface area (Å²) in [6, 6.07) is 14.6. The molecule has 0 bridgehead atoms. The number of ether oxygens (including phenoxy) is 2. The van der Waals surface area contributed by atoms with Crippen molar-refractivity contribution in [1.82, 2.24) is 0 Å². The minimum atomic E-state index is -0.396. The zero-order chi connectivity index (χ0) is 14.4. The van der Waals surface area contributed by atoms with Gasteiger partial charge in [0.1, 0.15) is 5.75 Å². The number of methoxy groups -OCH3 is 2. The molecule has 4 heteroatoms. The van der Waals surface area contributed by atoms with Gasteiger partial charge in [-0.3, -0.25) is 4.99 Å². The SMILES string of the molecule is COC(=O)c1ccccc1/N=C/c1ccc(OC)cc1. The molecular formula is C16H15NO3. The highest BCUT2D eigenvalue weighted by Crippen LogP contribution is 2.19. The first-order valence-electron chi connectivity index (χ1n) is 6.10. The summed E-state index contributed by atoms with van der Waals surface area (Å²) in [6.45, 7) is 0. The third-order valence-corrected chi connectivity index (χ3v) is 2.78. The zero-order valence-electron chi connectivity index (χ0n) is 11.4. The second kappa shape index (κ2) is 6.52. The molecule has 0 aliphatic rings. The Kier molecular flexibility index (Phi) is 4.50. The molecule has 0 amide bonds. The Bertz CT molecular complexity index is 618. The lowest BCUT2D eigenvalue weighted by Crippen LogP contribution is -2.01. The van der Waals surface area contributed by atoms with Crippen LogP contribution in [0.15, 0.2) is 53.5 Å². The molecule has 0 radical (unpaired) electrons. The molecule has 0 spiro atoms. The van der Waals surface area contributed by atoms with Crippen LogP contribution in [0.1, 0.15) is 15.9 Å². The molecule has 0 fully saturated rings. The summed E-state index contributed by atoms with van der Waals surface area (Å²) < 4.78 is 9.82. The van der Waals surface area contributed by atoms with E-state index in [0.717, 1.165) is 11.3 Å². The van der Waals surface area contributed by atoms with Crippen LogP contribution in [0, 0.1) is 0 Å². The van der Waals surface area contributed by atoms with Crippen LogP contribution < -0.4 is 4.74 Å². The number of hydrogen-bond donors (Lipinski definition) is 0. The van der Waals surface area contributed by atoms with Gasteiger partial charge in [0.05, 0.1) is 25.5 Å².